The van der Waals surface area contributed by atoms with Crippen LogP contribution in [0.4, 0.5) is 0 Å². The van der Waals surface area contributed by atoms with Crippen LogP contribution in [-0.2, 0) is 17.5 Å². The number of aromatic nitrogens is 1. The summed E-state index contributed by atoms with van der Waals surface area (Å²) in [4.78, 5) is 4.33. The summed E-state index contributed by atoms with van der Waals surface area (Å²) in [5.74, 6) is 0. The van der Waals surface area contributed by atoms with E-state index in [-0.39, 0.29) is 0 Å². The van der Waals surface area contributed by atoms with Crippen LogP contribution in [0.2, 0.25) is 0 Å². The summed E-state index contributed by atoms with van der Waals surface area (Å²) in [7, 11) is 0. The van der Waals surface area contributed by atoms with Crippen molar-refractivity contribution in [1.82, 2.24) is 4.98 Å². The Morgan fingerprint density at radius 1 is 1.08 bits per heavy atom. The van der Waals surface area contributed by atoms with Crippen molar-refractivity contribution >= 4 is 15.2 Å². The Balaban J connectivity index is 2.67. The standard InChI is InChI=1S/C9H6N.H2O.Zn/c1-2-6-9-8(4-1)5-3-7-10-9;;/h1-6H;1H2;/q;;+1/p-1. The fourth-order valence-corrected chi connectivity index (χ4v) is 2.17. The van der Waals surface area contributed by atoms with E-state index in [4.69, 9.17) is 3.93 Å². The number of benzene rings is 1. The molecule has 2 rings (SSSR count). The number of pyridine rings is 1. The van der Waals surface area contributed by atoms with Gasteiger partial charge in [-0.05, 0) is 0 Å². The number of nitrogens with zero attached hydrogens (tertiary/aromatic N) is 1. The van der Waals surface area contributed by atoms with Gasteiger partial charge in [0.25, 0.3) is 0 Å². The zero-order chi connectivity index (χ0) is 8.39. The van der Waals surface area contributed by atoms with Gasteiger partial charge in [0.05, 0.1) is 0 Å². The molecule has 0 bridgehead atoms. The molecule has 0 amide bonds. The first-order chi connectivity index (χ1) is 5.90. The molecule has 1 heterocycles. The molecule has 2 aromatic rings. The third kappa shape index (κ3) is 1.38. The van der Waals surface area contributed by atoms with Crippen LogP contribution >= 0.6 is 0 Å². The van der Waals surface area contributed by atoms with E-state index in [2.05, 4.69) is 4.98 Å². The summed E-state index contributed by atoms with van der Waals surface area (Å²) in [6.07, 6.45) is 0. The molecule has 1 N–H and O–H groups in total. The van der Waals surface area contributed by atoms with Crippen molar-refractivity contribution in [3.05, 3.63) is 36.4 Å². The second-order valence-electron chi connectivity index (χ2n) is 2.65. The molecule has 0 aliphatic heterocycles. The summed E-state index contributed by atoms with van der Waals surface area (Å²) in [6.45, 7) is 0. The van der Waals surface area contributed by atoms with Crippen molar-refractivity contribution in [2.45, 2.75) is 0 Å². The summed E-state index contributed by atoms with van der Waals surface area (Å²) in [5.41, 5.74) is 0.981. The van der Waals surface area contributed by atoms with Crippen LogP contribution in [0.1, 0.15) is 0 Å². The van der Waals surface area contributed by atoms with Crippen molar-refractivity contribution < 1.29 is 21.4 Å². The third-order valence-corrected chi connectivity index (χ3v) is 3.32. The maximum atomic E-state index is 9.02. The molecule has 0 atom stereocenters. The Morgan fingerprint density at radius 3 is 2.75 bits per heavy atom. The number of rotatable bonds is 1. The van der Waals surface area contributed by atoms with E-state index in [1.165, 1.54) is 0 Å². The van der Waals surface area contributed by atoms with Crippen molar-refractivity contribution in [3.8, 4) is 0 Å². The van der Waals surface area contributed by atoms with Crippen molar-refractivity contribution in [3.63, 3.8) is 0 Å². The van der Waals surface area contributed by atoms with E-state index >= 15 is 0 Å². The summed E-state index contributed by atoms with van der Waals surface area (Å²) in [5, 5.41) is 1.14. The normalized spacial score (nSPS) is 9.75. The second-order valence-corrected chi connectivity index (χ2v) is 4.84. The fourth-order valence-electron chi connectivity index (χ4n) is 1.20. The van der Waals surface area contributed by atoms with Crippen molar-refractivity contribution in [2.24, 2.45) is 0 Å². The third-order valence-electron chi connectivity index (χ3n) is 1.82. The summed E-state index contributed by atoms with van der Waals surface area (Å²) < 4.78 is 9.93. The van der Waals surface area contributed by atoms with Crippen molar-refractivity contribution in [2.75, 3.05) is 0 Å². The van der Waals surface area contributed by atoms with Gasteiger partial charge < -0.3 is 0 Å². The van der Waals surface area contributed by atoms with E-state index in [9.17, 15) is 0 Å². The van der Waals surface area contributed by atoms with Gasteiger partial charge in [-0.3, -0.25) is 0 Å². The molecular weight excluding hydrogens is 203 g/mol. The van der Waals surface area contributed by atoms with E-state index in [1.807, 2.05) is 36.4 Å². The van der Waals surface area contributed by atoms with Gasteiger partial charge in [-0.2, -0.15) is 0 Å². The minimum atomic E-state index is -1.50. The maximum absolute atomic E-state index is 9.02. The van der Waals surface area contributed by atoms with Gasteiger partial charge in [0.2, 0.25) is 0 Å². The molecule has 0 spiro atoms. The summed E-state index contributed by atoms with van der Waals surface area (Å²) >= 11 is -1.50. The first-order valence-electron chi connectivity index (χ1n) is 3.86. The first kappa shape index (κ1) is 7.84. The molecule has 0 saturated heterocycles. The quantitative estimate of drug-likeness (QED) is 0.708. The fraction of sp³-hybridized carbons (Fsp3) is 0. The van der Waals surface area contributed by atoms with Gasteiger partial charge >= 0.3 is 78.0 Å². The molecule has 0 aliphatic carbocycles. The Morgan fingerprint density at radius 2 is 1.92 bits per heavy atom. The Kier molecular flexibility index (Phi) is 2.16. The van der Waals surface area contributed by atoms with Gasteiger partial charge in [0, 0.05) is 0 Å². The van der Waals surface area contributed by atoms with Crippen LogP contribution in [0.25, 0.3) is 10.9 Å². The molecule has 1 aromatic heterocycles. The summed E-state index contributed by atoms with van der Waals surface area (Å²) in [6, 6.07) is 11.9. The zero-order valence-electron chi connectivity index (χ0n) is 6.57. The molecule has 0 saturated carbocycles. The second kappa shape index (κ2) is 3.30. The van der Waals surface area contributed by atoms with Crippen molar-refractivity contribution in [1.29, 1.82) is 0 Å². The van der Waals surface area contributed by atoms with Crippen LogP contribution in [0.3, 0.4) is 0 Å². The first-order valence-corrected chi connectivity index (χ1v) is 6.67. The van der Waals surface area contributed by atoms with E-state index in [0.29, 0.717) is 0 Å². The molecule has 0 unspecified atom stereocenters. The molecule has 1 aromatic carbocycles. The minimum absolute atomic E-state index is 0.904. The molecule has 12 heavy (non-hydrogen) atoms. The molecule has 0 fully saturated rings. The predicted molar refractivity (Wildman–Crippen MR) is 43.6 cm³/mol. The molecule has 2 nitrogen and oxygen atoms in total. The van der Waals surface area contributed by atoms with Crippen LogP contribution in [0.5, 0.6) is 0 Å². The Hall–Kier alpha value is -0.787. The Bertz CT molecular complexity index is 402. The van der Waals surface area contributed by atoms with Gasteiger partial charge in [0.1, 0.15) is 0 Å². The average Bonchev–Trinajstić information content (AvgIpc) is 2.17. The number of hydrogen-bond donors (Lipinski definition) is 1. The monoisotopic (exact) mass is 209 g/mol. The van der Waals surface area contributed by atoms with Crippen LogP contribution < -0.4 is 4.29 Å². The van der Waals surface area contributed by atoms with Crippen LogP contribution in [0, 0.1) is 0 Å². The number of para-hydroxylation sites is 1. The molecular formula is C9H7NOZn. The van der Waals surface area contributed by atoms with Gasteiger partial charge in [-0.25, -0.2) is 0 Å². The SMILES string of the molecule is [OH][Zn][c]1ccc2ccccc2n1. The molecule has 0 radical (unpaired) electrons. The van der Waals surface area contributed by atoms with E-state index < -0.39 is 17.5 Å². The average molecular weight is 211 g/mol. The van der Waals surface area contributed by atoms with E-state index in [0.717, 1.165) is 15.2 Å². The van der Waals surface area contributed by atoms with E-state index in [1.54, 1.807) is 0 Å². The number of hydrogen-bond acceptors (Lipinski definition) is 2. The topological polar surface area (TPSA) is 33.1 Å². The predicted octanol–water partition coefficient (Wildman–Crippen LogP) is 0.850. The molecule has 56 valence electrons. The number of fused-ring (bicyclic) bond motifs is 1. The molecule has 3 heteroatoms. The molecule has 0 aliphatic rings. The van der Waals surface area contributed by atoms with Gasteiger partial charge in [-0.1, -0.05) is 0 Å². The Labute approximate surface area is 78.3 Å². The van der Waals surface area contributed by atoms with Gasteiger partial charge in [0.15, 0.2) is 0 Å². The van der Waals surface area contributed by atoms with Crippen LogP contribution in [0.15, 0.2) is 36.4 Å². The van der Waals surface area contributed by atoms with Gasteiger partial charge in [-0.15, -0.1) is 0 Å². The zero-order valence-corrected chi connectivity index (χ0v) is 9.53. The van der Waals surface area contributed by atoms with Crippen LogP contribution in [-0.4, -0.2) is 8.92 Å².